The molecule has 0 amide bonds. The van der Waals surface area contributed by atoms with Crippen molar-refractivity contribution in [2.24, 2.45) is 0 Å². The van der Waals surface area contributed by atoms with Crippen LogP contribution in [0, 0.1) is 6.92 Å². The van der Waals surface area contributed by atoms with Gasteiger partial charge in [0.25, 0.3) is 0 Å². The van der Waals surface area contributed by atoms with E-state index in [1.807, 2.05) is 31.5 Å². The van der Waals surface area contributed by atoms with Gasteiger partial charge in [0.2, 0.25) is 0 Å². The fourth-order valence-corrected chi connectivity index (χ4v) is 2.05. The molecule has 0 aliphatic heterocycles. The smallest absolute Gasteiger partial charge is 0.305 e. The van der Waals surface area contributed by atoms with E-state index in [1.165, 1.54) is 18.1 Å². The SMILES string of the molecule is COC(=O)CCc1cccc2cncc(C)c12. The second-order valence-electron chi connectivity index (χ2n) is 4.05. The Bertz CT molecular complexity index is 544. The molecule has 2 rings (SSSR count). The molecule has 1 aromatic carbocycles. The molecular weight excluding hydrogens is 214 g/mol. The van der Waals surface area contributed by atoms with E-state index in [0.717, 1.165) is 10.9 Å². The summed E-state index contributed by atoms with van der Waals surface area (Å²) in [6.07, 6.45) is 4.82. The van der Waals surface area contributed by atoms with Gasteiger partial charge in [-0.05, 0) is 29.9 Å². The van der Waals surface area contributed by atoms with E-state index in [-0.39, 0.29) is 5.97 Å². The van der Waals surface area contributed by atoms with Crippen LogP contribution in [0.5, 0.6) is 0 Å². The highest BCUT2D eigenvalue weighted by Crippen LogP contribution is 2.22. The molecule has 1 heterocycles. The number of nitrogens with zero attached hydrogens (tertiary/aromatic N) is 1. The average Bonchev–Trinajstić information content (AvgIpc) is 2.36. The number of ether oxygens (including phenoxy) is 1. The molecular formula is C14H15NO2. The minimum absolute atomic E-state index is 0.172. The third-order valence-electron chi connectivity index (χ3n) is 2.89. The van der Waals surface area contributed by atoms with Crippen molar-refractivity contribution in [1.82, 2.24) is 4.98 Å². The van der Waals surface area contributed by atoms with Crippen LogP contribution in [-0.4, -0.2) is 18.1 Å². The van der Waals surface area contributed by atoms with Crippen molar-refractivity contribution in [1.29, 1.82) is 0 Å². The van der Waals surface area contributed by atoms with Gasteiger partial charge in [-0.15, -0.1) is 0 Å². The summed E-state index contributed by atoms with van der Waals surface area (Å²) in [4.78, 5) is 15.3. The largest absolute Gasteiger partial charge is 0.469 e. The van der Waals surface area contributed by atoms with Crippen LogP contribution in [0.1, 0.15) is 17.5 Å². The van der Waals surface area contributed by atoms with Gasteiger partial charge in [-0.3, -0.25) is 9.78 Å². The number of rotatable bonds is 3. The van der Waals surface area contributed by atoms with Crippen molar-refractivity contribution in [3.05, 3.63) is 41.7 Å². The Hall–Kier alpha value is -1.90. The predicted molar refractivity (Wildman–Crippen MR) is 66.8 cm³/mol. The highest BCUT2D eigenvalue weighted by molar-refractivity contribution is 5.88. The second kappa shape index (κ2) is 4.95. The molecule has 1 aromatic heterocycles. The number of hydrogen-bond donors (Lipinski definition) is 0. The second-order valence-corrected chi connectivity index (χ2v) is 4.05. The van der Waals surface area contributed by atoms with Gasteiger partial charge in [0.05, 0.1) is 7.11 Å². The van der Waals surface area contributed by atoms with Crippen LogP contribution >= 0.6 is 0 Å². The number of hydrogen-bond acceptors (Lipinski definition) is 3. The number of fused-ring (bicyclic) bond motifs is 1. The number of methoxy groups -OCH3 is 1. The van der Waals surface area contributed by atoms with Crippen molar-refractivity contribution in [3.8, 4) is 0 Å². The maximum Gasteiger partial charge on any atom is 0.305 e. The monoisotopic (exact) mass is 229 g/mol. The summed E-state index contributed by atoms with van der Waals surface area (Å²) in [5.41, 5.74) is 2.32. The van der Waals surface area contributed by atoms with E-state index < -0.39 is 0 Å². The van der Waals surface area contributed by atoms with Gasteiger partial charge >= 0.3 is 5.97 Å². The van der Waals surface area contributed by atoms with Gasteiger partial charge in [-0.1, -0.05) is 18.2 Å². The molecule has 0 atom stereocenters. The van der Waals surface area contributed by atoms with Gasteiger partial charge < -0.3 is 4.74 Å². The normalized spacial score (nSPS) is 10.5. The fraction of sp³-hybridized carbons (Fsp3) is 0.286. The number of benzene rings is 1. The molecule has 0 aliphatic carbocycles. The maximum absolute atomic E-state index is 11.2. The quantitative estimate of drug-likeness (QED) is 0.759. The van der Waals surface area contributed by atoms with Gasteiger partial charge in [0.1, 0.15) is 0 Å². The van der Waals surface area contributed by atoms with Crippen LogP contribution in [-0.2, 0) is 16.0 Å². The van der Waals surface area contributed by atoms with Gasteiger partial charge in [-0.25, -0.2) is 0 Å². The third-order valence-corrected chi connectivity index (χ3v) is 2.89. The minimum Gasteiger partial charge on any atom is -0.469 e. The zero-order valence-corrected chi connectivity index (χ0v) is 10.1. The van der Waals surface area contributed by atoms with Crippen LogP contribution in [0.3, 0.4) is 0 Å². The molecule has 88 valence electrons. The Balaban J connectivity index is 2.37. The molecule has 3 heteroatoms. The number of pyridine rings is 1. The lowest BCUT2D eigenvalue weighted by molar-refractivity contribution is -0.140. The Kier molecular flexibility index (Phi) is 3.38. The fourth-order valence-electron chi connectivity index (χ4n) is 2.05. The van der Waals surface area contributed by atoms with Gasteiger partial charge in [0, 0.05) is 24.2 Å². The Morgan fingerprint density at radius 1 is 1.35 bits per heavy atom. The van der Waals surface area contributed by atoms with E-state index >= 15 is 0 Å². The molecule has 0 radical (unpaired) electrons. The topological polar surface area (TPSA) is 39.2 Å². The molecule has 2 aromatic rings. The van der Waals surface area contributed by atoms with Crippen molar-refractivity contribution in [2.75, 3.05) is 7.11 Å². The van der Waals surface area contributed by atoms with Gasteiger partial charge in [0.15, 0.2) is 0 Å². The Morgan fingerprint density at radius 2 is 2.18 bits per heavy atom. The molecule has 0 fully saturated rings. The lowest BCUT2D eigenvalue weighted by Crippen LogP contribution is -2.02. The van der Waals surface area contributed by atoms with Gasteiger partial charge in [-0.2, -0.15) is 0 Å². The van der Waals surface area contributed by atoms with E-state index in [2.05, 4.69) is 15.8 Å². The zero-order valence-electron chi connectivity index (χ0n) is 10.1. The number of carbonyl (C=O) groups excluding carboxylic acids is 1. The zero-order chi connectivity index (χ0) is 12.3. The van der Waals surface area contributed by atoms with E-state index in [9.17, 15) is 4.79 Å². The summed E-state index contributed by atoms with van der Waals surface area (Å²) < 4.78 is 4.66. The molecule has 0 N–H and O–H groups in total. The molecule has 17 heavy (non-hydrogen) atoms. The standard InChI is InChI=1S/C14H15NO2/c1-10-8-15-9-12-5-3-4-11(14(10)12)6-7-13(16)17-2/h3-5,8-9H,6-7H2,1-2H3. The number of aromatic nitrogens is 1. The summed E-state index contributed by atoms with van der Waals surface area (Å²) in [7, 11) is 1.42. The van der Waals surface area contributed by atoms with E-state index in [1.54, 1.807) is 0 Å². The van der Waals surface area contributed by atoms with Crippen LogP contribution in [0.2, 0.25) is 0 Å². The van der Waals surface area contributed by atoms with Crippen molar-refractivity contribution < 1.29 is 9.53 Å². The van der Waals surface area contributed by atoms with Crippen LogP contribution in [0.25, 0.3) is 10.8 Å². The number of esters is 1. The first kappa shape index (κ1) is 11.6. The minimum atomic E-state index is -0.172. The van der Waals surface area contributed by atoms with Crippen LogP contribution < -0.4 is 0 Å². The van der Waals surface area contributed by atoms with Crippen molar-refractivity contribution >= 4 is 16.7 Å². The summed E-state index contributed by atoms with van der Waals surface area (Å²) >= 11 is 0. The molecule has 0 saturated heterocycles. The third kappa shape index (κ3) is 2.44. The molecule has 0 aliphatic rings. The first-order valence-electron chi connectivity index (χ1n) is 5.61. The molecule has 0 saturated carbocycles. The van der Waals surface area contributed by atoms with E-state index in [0.29, 0.717) is 12.8 Å². The van der Waals surface area contributed by atoms with Crippen LogP contribution in [0.4, 0.5) is 0 Å². The Labute approximate surface area is 100 Å². The summed E-state index contributed by atoms with van der Waals surface area (Å²) in [6, 6.07) is 6.09. The highest BCUT2D eigenvalue weighted by atomic mass is 16.5. The number of aryl methyl sites for hydroxylation is 2. The average molecular weight is 229 g/mol. The highest BCUT2D eigenvalue weighted by Gasteiger charge is 2.06. The molecule has 0 bridgehead atoms. The summed E-state index contributed by atoms with van der Waals surface area (Å²) in [5.74, 6) is -0.172. The summed E-state index contributed by atoms with van der Waals surface area (Å²) in [5, 5.41) is 2.32. The molecule has 0 spiro atoms. The Morgan fingerprint density at radius 3 is 2.94 bits per heavy atom. The lowest BCUT2D eigenvalue weighted by atomic mass is 9.99. The lowest BCUT2D eigenvalue weighted by Gasteiger charge is -2.08. The first-order chi connectivity index (χ1) is 8.22. The van der Waals surface area contributed by atoms with Crippen LogP contribution in [0.15, 0.2) is 30.6 Å². The molecule has 3 nitrogen and oxygen atoms in total. The van der Waals surface area contributed by atoms with E-state index in [4.69, 9.17) is 0 Å². The first-order valence-corrected chi connectivity index (χ1v) is 5.61. The number of carbonyl (C=O) groups is 1. The molecule has 0 unspecified atom stereocenters. The predicted octanol–water partition coefficient (Wildman–Crippen LogP) is 2.65. The maximum atomic E-state index is 11.2. The summed E-state index contributed by atoms with van der Waals surface area (Å²) in [6.45, 7) is 2.04. The van der Waals surface area contributed by atoms with Crippen molar-refractivity contribution in [2.45, 2.75) is 19.8 Å². The van der Waals surface area contributed by atoms with Crippen molar-refractivity contribution in [3.63, 3.8) is 0 Å².